The summed E-state index contributed by atoms with van der Waals surface area (Å²) in [4.78, 5) is 0. The zero-order valence-corrected chi connectivity index (χ0v) is 7.50. The van der Waals surface area contributed by atoms with Gasteiger partial charge in [0, 0.05) is 0 Å². The third-order valence-corrected chi connectivity index (χ3v) is 1.37. The van der Waals surface area contributed by atoms with Crippen LogP contribution in [0.3, 0.4) is 0 Å². The molecule has 0 aromatic heterocycles. The summed E-state index contributed by atoms with van der Waals surface area (Å²) in [6, 6.07) is 7.39. The van der Waals surface area contributed by atoms with E-state index in [4.69, 9.17) is 5.11 Å². The quantitative estimate of drug-likeness (QED) is 0.724. The van der Waals surface area contributed by atoms with Crippen LogP contribution in [0.15, 0.2) is 24.3 Å². The molecule has 0 spiro atoms. The van der Waals surface area contributed by atoms with Crippen LogP contribution in [0.1, 0.15) is 12.5 Å². The van der Waals surface area contributed by atoms with Gasteiger partial charge in [-0.2, -0.15) is 0 Å². The van der Waals surface area contributed by atoms with E-state index in [2.05, 4.69) is 0 Å². The average Bonchev–Trinajstić information content (AvgIpc) is 1.89. The molecule has 0 bridgehead atoms. The maximum Gasteiger partial charge on any atom is 0.118 e. The molecule has 1 N–H and O–H groups in total. The third kappa shape index (κ3) is 7.33. The molecule has 14 heavy (non-hydrogen) atoms. The smallest absolute Gasteiger partial charge is 0.118 e. The minimum Gasteiger partial charge on any atom is -0.508 e. The lowest BCUT2D eigenvalue weighted by atomic mass is 10.1. The highest BCUT2D eigenvalue weighted by molar-refractivity contribution is 5.31. The molecule has 6 heteroatoms. The molecule has 0 heterocycles. The number of aryl methyl sites for hydroxylation is 1. The van der Waals surface area contributed by atoms with Crippen molar-refractivity contribution in [1.29, 1.82) is 0 Å². The number of phenolic OH excluding ortho intramolecular Hbond substituents is 1. The number of para-hydroxylation sites is 1. The Kier molecular flexibility index (Phi) is 29.8. The Hall–Kier alpha value is -1.33. The maximum atomic E-state index is 9.11. The van der Waals surface area contributed by atoms with E-state index in [1.54, 1.807) is 6.07 Å². The number of rotatable bonds is 1. The van der Waals surface area contributed by atoms with Gasteiger partial charge < -0.3 is 5.11 Å². The SMILES string of the molecule is CCc1ccccc1O.F.F.F.F.F. The summed E-state index contributed by atoms with van der Waals surface area (Å²) >= 11 is 0. The van der Waals surface area contributed by atoms with E-state index in [0.717, 1.165) is 12.0 Å². The number of benzene rings is 1. The lowest BCUT2D eigenvalue weighted by molar-refractivity contribution is 0.469. The molecular weight excluding hydrogens is 207 g/mol. The van der Waals surface area contributed by atoms with Crippen LogP contribution in [0.5, 0.6) is 5.75 Å². The van der Waals surface area contributed by atoms with Crippen molar-refractivity contribution >= 4 is 0 Å². The topological polar surface area (TPSA) is 20.2 Å². The van der Waals surface area contributed by atoms with E-state index in [0.29, 0.717) is 5.75 Å². The predicted molar refractivity (Wildman–Crippen MR) is 50.0 cm³/mol. The summed E-state index contributed by atoms with van der Waals surface area (Å²) in [6.45, 7) is 2.02. The highest BCUT2D eigenvalue weighted by Crippen LogP contribution is 2.14. The third-order valence-electron chi connectivity index (χ3n) is 1.37. The first-order valence-electron chi connectivity index (χ1n) is 3.11. The zero-order chi connectivity index (χ0) is 6.69. The minimum absolute atomic E-state index is 0. The molecule has 0 aliphatic heterocycles. The summed E-state index contributed by atoms with van der Waals surface area (Å²) in [5.74, 6) is 0.403. The van der Waals surface area contributed by atoms with Crippen LogP contribution < -0.4 is 0 Å². The largest absolute Gasteiger partial charge is 0.508 e. The standard InChI is InChI=1S/C8H10O.5FH/c1-2-7-5-3-4-6-8(7)9;;;;;/h3-6,9H,2H2,1H3;5*1H. The summed E-state index contributed by atoms with van der Waals surface area (Å²) in [5, 5.41) is 9.11. The molecular formula is C8H15F5O. The van der Waals surface area contributed by atoms with Crippen molar-refractivity contribution in [2.24, 2.45) is 0 Å². The molecule has 0 aliphatic rings. The Bertz CT molecular complexity index is 207. The fraction of sp³-hybridized carbons (Fsp3) is 0.250. The van der Waals surface area contributed by atoms with E-state index in [-0.39, 0.29) is 23.5 Å². The number of phenols is 1. The van der Waals surface area contributed by atoms with Crippen LogP contribution in [-0.2, 0) is 6.42 Å². The predicted octanol–water partition coefficient (Wildman–Crippen LogP) is 2.72. The summed E-state index contributed by atoms with van der Waals surface area (Å²) in [7, 11) is 0. The average molecular weight is 222 g/mol. The van der Waals surface area contributed by atoms with Gasteiger partial charge in [0.1, 0.15) is 5.75 Å². The molecule has 1 aromatic carbocycles. The van der Waals surface area contributed by atoms with Gasteiger partial charge in [-0.15, -0.1) is 0 Å². The van der Waals surface area contributed by atoms with Crippen molar-refractivity contribution in [3.63, 3.8) is 0 Å². The number of aromatic hydroxyl groups is 1. The van der Waals surface area contributed by atoms with Gasteiger partial charge in [-0.25, -0.2) is 0 Å². The maximum absolute atomic E-state index is 9.11. The van der Waals surface area contributed by atoms with Crippen LogP contribution in [0, 0.1) is 0 Å². The van der Waals surface area contributed by atoms with E-state index in [1.165, 1.54) is 0 Å². The molecule has 88 valence electrons. The Labute approximate surface area is 78.6 Å². The molecule has 1 nitrogen and oxygen atoms in total. The second kappa shape index (κ2) is 14.2. The van der Waals surface area contributed by atoms with Gasteiger partial charge in [0.15, 0.2) is 0 Å². The van der Waals surface area contributed by atoms with Crippen LogP contribution in [0.25, 0.3) is 0 Å². The molecule has 0 saturated heterocycles. The van der Waals surface area contributed by atoms with E-state index in [9.17, 15) is 0 Å². The van der Waals surface area contributed by atoms with Crippen molar-refractivity contribution in [2.75, 3.05) is 0 Å². The van der Waals surface area contributed by atoms with Crippen molar-refractivity contribution in [3.8, 4) is 5.75 Å². The van der Waals surface area contributed by atoms with Crippen molar-refractivity contribution < 1.29 is 28.6 Å². The van der Waals surface area contributed by atoms with Gasteiger partial charge in [0.2, 0.25) is 0 Å². The number of halogens is 5. The van der Waals surface area contributed by atoms with E-state index >= 15 is 0 Å². The molecule has 1 rings (SSSR count). The fourth-order valence-electron chi connectivity index (χ4n) is 0.810. The monoisotopic (exact) mass is 222 g/mol. The normalized spacial score (nSPS) is 6.07. The molecule has 0 fully saturated rings. The Morgan fingerprint density at radius 2 is 1.36 bits per heavy atom. The summed E-state index contributed by atoms with van der Waals surface area (Å²) in [6.07, 6.45) is 0.896. The number of hydrogen-bond donors (Lipinski definition) is 1. The van der Waals surface area contributed by atoms with Crippen molar-refractivity contribution in [1.82, 2.24) is 0 Å². The lowest BCUT2D eigenvalue weighted by Gasteiger charge is -1.97. The molecule has 1 aromatic rings. The highest BCUT2D eigenvalue weighted by atomic mass is 19.0. The molecule has 0 radical (unpaired) electrons. The van der Waals surface area contributed by atoms with Gasteiger partial charge >= 0.3 is 0 Å². The van der Waals surface area contributed by atoms with Crippen LogP contribution in [0.2, 0.25) is 0 Å². The van der Waals surface area contributed by atoms with Gasteiger partial charge in [0.05, 0.1) is 0 Å². The molecule has 0 atom stereocenters. The fourth-order valence-corrected chi connectivity index (χ4v) is 0.810. The van der Waals surface area contributed by atoms with Gasteiger partial charge in [-0.1, -0.05) is 25.1 Å². The lowest BCUT2D eigenvalue weighted by Crippen LogP contribution is -1.77. The first kappa shape index (κ1) is 29.3. The zero-order valence-electron chi connectivity index (χ0n) is 7.50. The second-order valence-corrected chi connectivity index (χ2v) is 1.98. The van der Waals surface area contributed by atoms with Gasteiger partial charge in [-0.3, -0.25) is 23.5 Å². The minimum atomic E-state index is 0. The second-order valence-electron chi connectivity index (χ2n) is 1.98. The van der Waals surface area contributed by atoms with Gasteiger partial charge in [-0.05, 0) is 18.1 Å². The molecule has 0 saturated carbocycles. The van der Waals surface area contributed by atoms with E-state index in [1.807, 2.05) is 25.1 Å². The van der Waals surface area contributed by atoms with Crippen molar-refractivity contribution in [3.05, 3.63) is 29.8 Å². The Morgan fingerprint density at radius 1 is 0.929 bits per heavy atom. The molecule has 0 unspecified atom stereocenters. The van der Waals surface area contributed by atoms with E-state index < -0.39 is 0 Å². The van der Waals surface area contributed by atoms with Gasteiger partial charge in [0.25, 0.3) is 0 Å². The van der Waals surface area contributed by atoms with Crippen molar-refractivity contribution in [2.45, 2.75) is 13.3 Å². The molecule has 0 aliphatic carbocycles. The highest BCUT2D eigenvalue weighted by Gasteiger charge is 1.92. The van der Waals surface area contributed by atoms with Crippen LogP contribution in [0.4, 0.5) is 23.5 Å². The van der Waals surface area contributed by atoms with Crippen LogP contribution >= 0.6 is 0 Å². The first-order chi connectivity index (χ1) is 4.34. The molecule has 0 amide bonds. The van der Waals surface area contributed by atoms with Crippen LogP contribution in [-0.4, -0.2) is 5.11 Å². The summed E-state index contributed by atoms with van der Waals surface area (Å²) in [5.41, 5.74) is 1.01. The first-order valence-corrected chi connectivity index (χ1v) is 3.11. The number of hydrogen-bond acceptors (Lipinski definition) is 1. The Balaban J connectivity index is -0.0000000540. The Morgan fingerprint density at radius 3 is 1.64 bits per heavy atom. The summed E-state index contributed by atoms with van der Waals surface area (Å²) < 4.78 is 0.